The minimum absolute atomic E-state index is 0.00333. The number of nitriles is 1. The van der Waals surface area contributed by atoms with Gasteiger partial charge >= 0.3 is 6.18 Å². The molecule has 178 valence electrons. The quantitative estimate of drug-likeness (QED) is 0.374. The van der Waals surface area contributed by atoms with Crippen LogP contribution in [0.4, 0.5) is 13.2 Å². The van der Waals surface area contributed by atoms with Gasteiger partial charge in [0, 0.05) is 22.6 Å². The van der Waals surface area contributed by atoms with Crippen molar-refractivity contribution in [2.24, 2.45) is 0 Å². The molecule has 0 spiro atoms. The SMILES string of the molecule is Cc1cc(C#N)cc(Oc2c(C(F)(F)F)ncn(Cc3cc(Cl)c(OCCO)c[n+]3O)c2=O)n1. The second-order valence-electron chi connectivity index (χ2n) is 6.80. The molecule has 0 aromatic carbocycles. The lowest BCUT2D eigenvalue weighted by atomic mass is 10.2. The van der Waals surface area contributed by atoms with Crippen LogP contribution in [0.5, 0.6) is 17.4 Å². The summed E-state index contributed by atoms with van der Waals surface area (Å²) in [6.45, 7) is 0.659. The molecule has 2 N–H and O–H groups in total. The number of aliphatic hydroxyl groups excluding tert-OH is 1. The predicted molar refractivity (Wildman–Crippen MR) is 108 cm³/mol. The highest BCUT2D eigenvalue weighted by atomic mass is 35.5. The molecule has 0 unspecified atom stereocenters. The number of hydrogen-bond donors (Lipinski definition) is 2. The molecule has 0 amide bonds. The smallest absolute Gasteiger partial charge is 0.437 e. The van der Waals surface area contributed by atoms with Gasteiger partial charge in [-0.15, -0.1) is 0 Å². The third-order valence-electron chi connectivity index (χ3n) is 4.27. The van der Waals surface area contributed by atoms with Gasteiger partial charge in [-0.2, -0.15) is 18.4 Å². The molecule has 0 bridgehead atoms. The van der Waals surface area contributed by atoms with Crippen molar-refractivity contribution in [1.82, 2.24) is 14.5 Å². The Labute approximate surface area is 194 Å². The van der Waals surface area contributed by atoms with Gasteiger partial charge in [-0.3, -0.25) is 14.6 Å². The molecule has 0 atom stereocenters. The fourth-order valence-corrected chi connectivity index (χ4v) is 3.06. The van der Waals surface area contributed by atoms with E-state index in [1.807, 2.05) is 6.07 Å². The van der Waals surface area contributed by atoms with Gasteiger partial charge in [0.2, 0.25) is 17.4 Å². The van der Waals surface area contributed by atoms with E-state index in [0.29, 0.717) is 11.1 Å². The largest absolute Gasteiger partial charge is 0.484 e. The first-order valence-electron chi connectivity index (χ1n) is 9.43. The molecule has 0 aliphatic heterocycles. The molecule has 3 aromatic heterocycles. The van der Waals surface area contributed by atoms with Gasteiger partial charge in [0.15, 0.2) is 5.69 Å². The predicted octanol–water partition coefficient (Wildman–Crippen LogP) is 2.23. The van der Waals surface area contributed by atoms with Crippen LogP contribution in [-0.4, -0.2) is 38.1 Å². The average Bonchev–Trinajstić information content (AvgIpc) is 2.76. The summed E-state index contributed by atoms with van der Waals surface area (Å²) in [5.41, 5.74) is -2.46. The zero-order valence-electron chi connectivity index (χ0n) is 17.4. The maximum absolute atomic E-state index is 13.5. The highest BCUT2D eigenvalue weighted by Crippen LogP contribution is 2.34. The molecule has 3 aromatic rings. The van der Waals surface area contributed by atoms with Crippen LogP contribution in [0, 0.1) is 18.3 Å². The third kappa shape index (κ3) is 5.53. The zero-order valence-corrected chi connectivity index (χ0v) is 18.1. The van der Waals surface area contributed by atoms with E-state index < -0.39 is 35.6 Å². The first-order chi connectivity index (χ1) is 16.0. The van der Waals surface area contributed by atoms with Gasteiger partial charge in [0.1, 0.15) is 13.2 Å². The Kier molecular flexibility index (Phi) is 7.23. The number of aromatic nitrogens is 4. The van der Waals surface area contributed by atoms with Crippen molar-refractivity contribution in [1.29, 1.82) is 5.26 Å². The average molecular weight is 499 g/mol. The number of nitrogens with zero attached hydrogens (tertiary/aromatic N) is 5. The van der Waals surface area contributed by atoms with E-state index in [-0.39, 0.29) is 40.9 Å². The molecule has 3 heterocycles. The molecule has 14 heteroatoms. The second-order valence-corrected chi connectivity index (χ2v) is 7.20. The lowest BCUT2D eigenvalue weighted by molar-refractivity contribution is -0.909. The second kappa shape index (κ2) is 9.94. The maximum atomic E-state index is 13.5. The number of hydrogen-bond acceptors (Lipinski definition) is 8. The standard InChI is InChI=1S/C20H16ClF3N5O5/c1-11-4-12(7-25)5-16(27-11)34-17-18(20(22,23)24)26-10-28(19(17)31)8-13-6-14(21)15(9-29(13)32)33-3-2-30/h4-6,9-10,30,32H,2-3,8H2,1H3/q+1. The van der Waals surface area contributed by atoms with Crippen molar-refractivity contribution in [3.05, 3.63) is 68.7 Å². The Hall–Kier alpha value is -3.89. The Morgan fingerprint density at radius 2 is 2.06 bits per heavy atom. The molecule has 0 saturated carbocycles. The van der Waals surface area contributed by atoms with Gasteiger partial charge in [0.25, 0.3) is 17.5 Å². The van der Waals surface area contributed by atoms with E-state index in [1.54, 1.807) is 0 Å². The fourth-order valence-electron chi connectivity index (χ4n) is 2.83. The summed E-state index contributed by atoms with van der Waals surface area (Å²) >= 11 is 6.07. The minimum atomic E-state index is -5.03. The van der Waals surface area contributed by atoms with E-state index in [2.05, 4.69) is 9.97 Å². The van der Waals surface area contributed by atoms with Crippen molar-refractivity contribution >= 4 is 11.6 Å². The van der Waals surface area contributed by atoms with E-state index in [9.17, 15) is 23.2 Å². The number of aryl methyl sites for hydroxylation is 1. The lowest BCUT2D eigenvalue weighted by Crippen LogP contribution is -2.38. The van der Waals surface area contributed by atoms with Crippen molar-refractivity contribution in [2.45, 2.75) is 19.6 Å². The van der Waals surface area contributed by atoms with Crippen LogP contribution in [0.3, 0.4) is 0 Å². The summed E-state index contributed by atoms with van der Waals surface area (Å²) in [7, 11) is 0. The summed E-state index contributed by atoms with van der Waals surface area (Å²) < 4.78 is 52.2. The van der Waals surface area contributed by atoms with Crippen molar-refractivity contribution in [2.75, 3.05) is 13.2 Å². The molecule has 0 aliphatic rings. The number of pyridine rings is 2. The Morgan fingerprint density at radius 1 is 1.32 bits per heavy atom. The van der Waals surface area contributed by atoms with Gasteiger partial charge in [-0.25, -0.2) is 9.97 Å². The van der Waals surface area contributed by atoms with Crippen LogP contribution in [0.1, 0.15) is 22.6 Å². The minimum Gasteiger partial charge on any atom is -0.484 e. The lowest BCUT2D eigenvalue weighted by Gasteiger charge is -2.14. The van der Waals surface area contributed by atoms with E-state index >= 15 is 0 Å². The molecule has 3 rings (SSSR count). The Bertz CT molecular complexity index is 1320. The number of rotatable bonds is 7. The van der Waals surface area contributed by atoms with Crippen molar-refractivity contribution in [3.63, 3.8) is 0 Å². The molecule has 0 aliphatic carbocycles. The number of ether oxygens (including phenoxy) is 2. The van der Waals surface area contributed by atoms with Crippen LogP contribution in [0.2, 0.25) is 5.02 Å². The van der Waals surface area contributed by atoms with Crippen LogP contribution in [0.15, 0.2) is 35.5 Å². The molecule has 10 nitrogen and oxygen atoms in total. The third-order valence-corrected chi connectivity index (χ3v) is 4.57. The number of aliphatic hydroxyl groups is 1. The number of alkyl halides is 3. The van der Waals surface area contributed by atoms with Crippen LogP contribution in [-0.2, 0) is 12.7 Å². The first kappa shape index (κ1) is 24.7. The Balaban J connectivity index is 2.05. The summed E-state index contributed by atoms with van der Waals surface area (Å²) in [5.74, 6) is -1.53. The van der Waals surface area contributed by atoms with E-state index in [0.717, 1.165) is 16.8 Å². The molecule has 0 fully saturated rings. The molecule has 0 saturated heterocycles. The fraction of sp³-hybridized carbons (Fsp3) is 0.250. The highest BCUT2D eigenvalue weighted by molar-refractivity contribution is 6.32. The van der Waals surface area contributed by atoms with Crippen molar-refractivity contribution < 1.29 is 37.7 Å². The van der Waals surface area contributed by atoms with Gasteiger partial charge < -0.3 is 14.6 Å². The summed E-state index contributed by atoms with van der Waals surface area (Å²) in [6, 6.07) is 5.51. The summed E-state index contributed by atoms with van der Waals surface area (Å²) in [6.07, 6.45) is -3.32. The maximum Gasteiger partial charge on any atom is 0.437 e. The summed E-state index contributed by atoms with van der Waals surface area (Å²) in [5, 5.41) is 28.1. The number of halogens is 4. The van der Waals surface area contributed by atoms with Gasteiger partial charge in [0.05, 0.1) is 29.6 Å². The zero-order chi connectivity index (χ0) is 25.0. The van der Waals surface area contributed by atoms with Gasteiger partial charge in [-0.1, -0.05) is 11.6 Å². The van der Waals surface area contributed by atoms with Gasteiger partial charge in [-0.05, 0) is 13.0 Å². The molecule has 0 radical (unpaired) electrons. The highest BCUT2D eigenvalue weighted by Gasteiger charge is 2.39. The topological polar surface area (TPSA) is 134 Å². The Morgan fingerprint density at radius 3 is 2.71 bits per heavy atom. The first-order valence-corrected chi connectivity index (χ1v) is 9.81. The van der Waals surface area contributed by atoms with E-state index in [4.69, 9.17) is 31.4 Å². The van der Waals surface area contributed by atoms with Crippen LogP contribution in [0.25, 0.3) is 0 Å². The molecule has 34 heavy (non-hydrogen) atoms. The molecular formula is C20H16ClF3N5O5+. The van der Waals surface area contributed by atoms with Crippen molar-refractivity contribution in [3.8, 4) is 23.4 Å². The van der Waals surface area contributed by atoms with Crippen LogP contribution < -0.4 is 19.8 Å². The monoisotopic (exact) mass is 498 g/mol. The van der Waals surface area contributed by atoms with Crippen LogP contribution >= 0.6 is 11.6 Å². The van der Waals surface area contributed by atoms with E-state index in [1.165, 1.54) is 19.1 Å². The molecular weight excluding hydrogens is 483 g/mol. The normalized spacial score (nSPS) is 11.2. The summed E-state index contributed by atoms with van der Waals surface area (Å²) in [4.78, 5) is 20.1.